The molecule has 146 valence electrons. The first kappa shape index (κ1) is 20.4. The van der Waals surface area contributed by atoms with Crippen molar-refractivity contribution in [3.63, 3.8) is 0 Å². The Bertz CT molecular complexity index is 764. The van der Waals surface area contributed by atoms with Crippen molar-refractivity contribution in [1.29, 1.82) is 0 Å². The molecule has 2 aromatic rings. The number of para-hydroxylation sites is 1. The number of rotatable bonds is 8. The molecule has 0 spiro atoms. The van der Waals surface area contributed by atoms with Crippen LogP contribution < -0.4 is 19.5 Å². The van der Waals surface area contributed by atoms with E-state index in [1.165, 1.54) is 0 Å². The van der Waals surface area contributed by atoms with Gasteiger partial charge < -0.3 is 24.4 Å². The summed E-state index contributed by atoms with van der Waals surface area (Å²) >= 11 is 0. The summed E-state index contributed by atoms with van der Waals surface area (Å²) in [5, 5.41) is 2.96. The number of hydrogen-bond donors (Lipinski definition) is 1. The molecule has 2 amide bonds. The van der Waals surface area contributed by atoms with Crippen LogP contribution in [0.25, 0.3) is 0 Å². The van der Waals surface area contributed by atoms with Crippen molar-refractivity contribution in [2.75, 3.05) is 34.9 Å². The third-order valence-electron chi connectivity index (χ3n) is 4.63. The Morgan fingerprint density at radius 3 is 2.33 bits per heavy atom. The quantitative estimate of drug-likeness (QED) is 0.768. The molecule has 0 aliphatic carbocycles. The van der Waals surface area contributed by atoms with Gasteiger partial charge >= 0.3 is 6.03 Å². The number of methoxy groups -OCH3 is 3. The fourth-order valence-electron chi connectivity index (χ4n) is 2.87. The second-order valence-corrected chi connectivity index (χ2v) is 6.20. The normalized spacial score (nSPS) is 11.4. The first-order chi connectivity index (χ1) is 13.0. The van der Waals surface area contributed by atoms with Crippen molar-refractivity contribution in [1.82, 2.24) is 10.2 Å². The molecule has 6 nitrogen and oxygen atoms in total. The van der Waals surface area contributed by atoms with Crippen LogP contribution in [0.4, 0.5) is 4.79 Å². The van der Waals surface area contributed by atoms with Gasteiger partial charge in [0.1, 0.15) is 5.75 Å². The van der Waals surface area contributed by atoms with Crippen molar-refractivity contribution in [2.45, 2.75) is 19.4 Å². The summed E-state index contributed by atoms with van der Waals surface area (Å²) < 4.78 is 15.9. The molecule has 0 bridgehead atoms. The van der Waals surface area contributed by atoms with E-state index < -0.39 is 0 Å². The molecule has 0 heterocycles. The van der Waals surface area contributed by atoms with Crippen LogP contribution in [0.1, 0.15) is 24.1 Å². The average molecular weight is 372 g/mol. The van der Waals surface area contributed by atoms with Crippen LogP contribution in [0.2, 0.25) is 0 Å². The van der Waals surface area contributed by atoms with Crippen LogP contribution in [-0.4, -0.2) is 45.9 Å². The van der Waals surface area contributed by atoms with Crippen LogP contribution in [0, 0.1) is 0 Å². The van der Waals surface area contributed by atoms with Gasteiger partial charge in [0, 0.05) is 19.2 Å². The molecule has 2 rings (SSSR count). The van der Waals surface area contributed by atoms with E-state index >= 15 is 0 Å². The molecule has 0 aliphatic heterocycles. The fraction of sp³-hybridized carbons (Fsp3) is 0.381. The molecule has 0 saturated carbocycles. The van der Waals surface area contributed by atoms with Crippen molar-refractivity contribution in [3.05, 3.63) is 53.6 Å². The molecule has 1 N–H and O–H groups in total. The lowest BCUT2D eigenvalue weighted by atomic mass is 10.1. The number of amides is 2. The molecule has 1 atom stereocenters. The van der Waals surface area contributed by atoms with Crippen molar-refractivity contribution < 1.29 is 19.0 Å². The number of urea groups is 1. The second-order valence-electron chi connectivity index (χ2n) is 6.20. The van der Waals surface area contributed by atoms with Gasteiger partial charge in [-0.15, -0.1) is 0 Å². The molecule has 2 aromatic carbocycles. The lowest BCUT2D eigenvalue weighted by Crippen LogP contribution is -2.39. The summed E-state index contributed by atoms with van der Waals surface area (Å²) in [6.45, 7) is 2.50. The van der Waals surface area contributed by atoms with Crippen molar-refractivity contribution in [2.24, 2.45) is 0 Å². The maximum Gasteiger partial charge on any atom is 0.317 e. The Kier molecular flexibility index (Phi) is 7.34. The number of benzene rings is 2. The van der Waals surface area contributed by atoms with Crippen LogP contribution in [0.15, 0.2) is 42.5 Å². The Morgan fingerprint density at radius 1 is 1.00 bits per heavy atom. The van der Waals surface area contributed by atoms with E-state index in [1.54, 1.807) is 33.3 Å². The Balaban J connectivity index is 1.93. The second kappa shape index (κ2) is 9.71. The van der Waals surface area contributed by atoms with Gasteiger partial charge in [-0.05, 0) is 37.1 Å². The largest absolute Gasteiger partial charge is 0.496 e. The van der Waals surface area contributed by atoms with Gasteiger partial charge in [0.2, 0.25) is 0 Å². The van der Waals surface area contributed by atoms with Gasteiger partial charge in [-0.25, -0.2) is 4.79 Å². The first-order valence-corrected chi connectivity index (χ1v) is 8.86. The minimum atomic E-state index is -0.131. The third-order valence-corrected chi connectivity index (χ3v) is 4.63. The summed E-state index contributed by atoms with van der Waals surface area (Å²) in [6, 6.07) is 13.2. The zero-order valence-corrected chi connectivity index (χ0v) is 16.6. The number of hydrogen-bond acceptors (Lipinski definition) is 4. The minimum Gasteiger partial charge on any atom is -0.496 e. The van der Waals surface area contributed by atoms with E-state index in [2.05, 4.69) is 5.32 Å². The number of ether oxygens (including phenoxy) is 3. The van der Waals surface area contributed by atoms with E-state index in [0.29, 0.717) is 24.5 Å². The van der Waals surface area contributed by atoms with Crippen molar-refractivity contribution in [3.8, 4) is 17.2 Å². The summed E-state index contributed by atoms with van der Waals surface area (Å²) in [5.74, 6) is 2.15. The number of carbonyl (C=O) groups is 1. The van der Waals surface area contributed by atoms with Gasteiger partial charge in [-0.1, -0.05) is 24.3 Å². The van der Waals surface area contributed by atoms with E-state index in [4.69, 9.17) is 14.2 Å². The zero-order chi connectivity index (χ0) is 19.8. The number of nitrogens with one attached hydrogen (secondary N) is 1. The molecular formula is C21H28N2O4. The van der Waals surface area contributed by atoms with E-state index in [1.807, 2.05) is 49.4 Å². The molecule has 0 fully saturated rings. The summed E-state index contributed by atoms with van der Waals surface area (Å²) in [6.07, 6.45) is 0.697. The lowest BCUT2D eigenvalue weighted by molar-refractivity contribution is 0.193. The molecule has 6 heteroatoms. The molecule has 27 heavy (non-hydrogen) atoms. The summed E-state index contributed by atoms with van der Waals surface area (Å²) in [4.78, 5) is 14.2. The van der Waals surface area contributed by atoms with Gasteiger partial charge in [-0.2, -0.15) is 0 Å². The topological polar surface area (TPSA) is 60.0 Å². The zero-order valence-electron chi connectivity index (χ0n) is 16.6. The molecule has 1 unspecified atom stereocenters. The van der Waals surface area contributed by atoms with Gasteiger partial charge in [0.25, 0.3) is 0 Å². The highest BCUT2D eigenvalue weighted by Crippen LogP contribution is 2.29. The van der Waals surface area contributed by atoms with Crippen molar-refractivity contribution >= 4 is 6.03 Å². The smallest absolute Gasteiger partial charge is 0.317 e. The third kappa shape index (κ3) is 5.06. The number of carbonyl (C=O) groups excluding carboxylic acids is 1. The Morgan fingerprint density at radius 2 is 1.67 bits per heavy atom. The summed E-state index contributed by atoms with van der Waals surface area (Å²) in [7, 11) is 6.63. The molecule has 0 aromatic heterocycles. The Labute approximate surface area is 161 Å². The predicted molar refractivity (Wildman–Crippen MR) is 106 cm³/mol. The first-order valence-electron chi connectivity index (χ1n) is 8.86. The highest BCUT2D eigenvalue weighted by Gasteiger charge is 2.19. The molecule has 0 saturated heterocycles. The molecule has 0 radical (unpaired) electrons. The van der Waals surface area contributed by atoms with E-state index in [9.17, 15) is 4.79 Å². The fourth-order valence-corrected chi connectivity index (χ4v) is 2.87. The minimum absolute atomic E-state index is 0.109. The lowest BCUT2D eigenvalue weighted by Gasteiger charge is -2.26. The van der Waals surface area contributed by atoms with E-state index in [-0.39, 0.29) is 12.1 Å². The Hall–Kier alpha value is -2.89. The van der Waals surface area contributed by atoms with Crippen LogP contribution in [0.3, 0.4) is 0 Å². The monoisotopic (exact) mass is 372 g/mol. The number of nitrogens with zero attached hydrogens (tertiary/aromatic N) is 1. The van der Waals surface area contributed by atoms with Crippen LogP contribution in [-0.2, 0) is 6.42 Å². The standard InChI is InChI=1S/C21H28N2O4/c1-15(17-8-6-7-9-18(17)25-3)23(2)21(24)22-13-12-16-10-11-19(26-4)20(14-16)27-5/h6-11,14-15H,12-13H2,1-5H3,(H,22,24). The predicted octanol–water partition coefficient (Wildman–Crippen LogP) is 3.66. The van der Waals surface area contributed by atoms with Crippen LogP contribution >= 0.6 is 0 Å². The molecule has 0 aliphatic rings. The SMILES string of the molecule is COc1ccc(CCNC(=O)N(C)C(C)c2ccccc2OC)cc1OC. The maximum atomic E-state index is 12.5. The van der Waals surface area contributed by atoms with Gasteiger partial charge in [0.15, 0.2) is 11.5 Å². The molecular weight excluding hydrogens is 344 g/mol. The van der Waals surface area contributed by atoms with E-state index in [0.717, 1.165) is 16.9 Å². The maximum absolute atomic E-state index is 12.5. The highest BCUT2D eigenvalue weighted by atomic mass is 16.5. The van der Waals surface area contributed by atoms with Crippen LogP contribution in [0.5, 0.6) is 17.2 Å². The highest BCUT2D eigenvalue weighted by molar-refractivity contribution is 5.74. The van der Waals surface area contributed by atoms with Gasteiger partial charge in [-0.3, -0.25) is 0 Å². The van der Waals surface area contributed by atoms with Gasteiger partial charge in [0.05, 0.1) is 27.4 Å². The average Bonchev–Trinajstić information content (AvgIpc) is 2.72. The summed E-state index contributed by atoms with van der Waals surface area (Å²) in [5.41, 5.74) is 2.03.